The van der Waals surface area contributed by atoms with Gasteiger partial charge in [-0.2, -0.15) is 18.3 Å². The molecule has 0 saturated carbocycles. The van der Waals surface area contributed by atoms with Crippen molar-refractivity contribution in [3.05, 3.63) is 23.5 Å². The fourth-order valence-electron chi connectivity index (χ4n) is 1.83. The molecule has 1 aromatic carbocycles. The molecule has 7 nitrogen and oxygen atoms in total. The average molecular weight is 367 g/mol. The Morgan fingerprint density at radius 3 is 2.54 bits per heavy atom. The van der Waals surface area contributed by atoms with E-state index in [9.17, 15) is 28.2 Å². The zero-order chi connectivity index (χ0) is 17.2. The van der Waals surface area contributed by atoms with Gasteiger partial charge in [0.25, 0.3) is 5.91 Å². The first-order valence-electron chi connectivity index (χ1n) is 6.54. The summed E-state index contributed by atoms with van der Waals surface area (Å²) in [6.45, 7) is 0.288. The van der Waals surface area contributed by atoms with Crippen LogP contribution in [-0.2, 0) is 6.42 Å². The van der Waals surface area contributed by atoms with Crippen molar-refractivity contribution in [2.45, 2.75) is 19.5 Å². The second kappa shape index (κ2) is 7.39. The van der Waals surface area contributed by atoms with Gasteiger partial charge in [-0.25, -0.2) is 4.98 Å². The van der Waals surface area contributed by atoms with Crippen LogP contribution >= 0.6 is 12.4 Å². The van der Waals surface area contributed by atoms with Crippen molar-refractivity contribution in [2.24, 2.45) is 0 Å². The number of hydrogen-bond donors (Lipinski definition) is 4. The number of aryl methyl sites for hydroxylation is 1. The molecule has 0 aliphatic carbocycles. The molecular formula is C13H14ClF3N4O3. The number of nitrogens with one attached hydrogen (secondary N) is 2. The third-order valence-electron chi connectivity index (χ3n) is 2.97. The highest BCUT2D eigenvalue weighted by Gasteiger charge is 2.28. The second-order valence-corrected chi connectivity index (χ2v) is 4.66. The molecule has 0 fully saturated rings. The summed E-state index contributed by atoms with van der Waals surface area (Å²) < 4.78 is 36.2. The maximum Gasteiger partial charge on any atom is 0.405 e. The van der Waals surface area contributed by atoms with Crippen molar-refractivity contribution in [3.63, 3.8) is 0 Å². The number of halogens is 4. The number of nitrogens with zero attached hydrogens (tertiary/aromatic N) is 2. The molecule has 0 unspecified atom stereocenters. The minimum Gasteiger partial charge on any atom is -0.508 e. The third kappa shape index (κ3) is 4.51. The Morgan fingerprint density at radius 2 is 1.96 bits per heavy atom. The number of phenolic OH excluding ortho intramolecular Hbond substituents is 2. The van der Waals surface area contributed by atoms with Gasteiger partial charge in [-0.3, -0.25) is 9.89 Å². The first-order valence-corrected chi connectivity index (χ1v) is 6.54. The number of aromatic nitrogens is 3. The number of carbonyl (C=O) groups is 1. The average Bonchev–Trinajstić information content (AvgIpc) is 2.94. The third-order valence-corrected chi connectivity index (χ3v) is 2.97. The van der Waals surface area contributed by atoms with Gasteiger partial charge in [-0.05, 0) is 18.1 Å². The van der Waals surface area contributed by atoms with Crippen molar-refractivity contribution >= 4 is 18.3 Å². The number of carbonyl (C=O) groups excluding carboxylic acids is 1. The number of aromatic amines is 1. The number of phenols is 2. The Bertz CT molecular complexity index is 734. The molecule has 0 aliphatic rings. The number of H-pyrrole nitrogens is 1. The molecule has 1 heterocycles. The summed E-state index contributed by atoms with van der Waals surface area (Å²) in [5, 5.41) is 27.0. The van der Waals surface area contributed by atoms with Gasteiger partial charge in [0.15, 0.2) is 5.82 Å². The summed E-state index contributed by atoms with van der Waals surface area (Å²) in [5.41, 5.74) is 0.663. The lowest BCUT2D eigenvalue weighted by Gasteiger charge is -2.06. The lowest BCUT2D eigenvalue weighted by molar-refractivity contribution is -0.123. The molecule has 11 heteroatoms. The molecular weight excluding hydrogens is 353 g/mol. The quantitative estimate of drug-likeness (QED) is 0.662. The van der Waals surface area contributed by atoms with E-state index in [-0.39, 0.29) is 35.3 Å². The minimum absolute atomic E-state index is 0. The van der Waals surface area contributed by atoms with Gasteiger partial charge < -0.3 is 15.5 Å². The SMILES string of the molecule is CCc1cc(-c2n[nH]c(C(=O)NCC(F)(F)F)n2)c(O)cc1O.Cl. The van der Waals surface area contributed by atoms with E-state index in [1.165, 1.54) is 6.07 Å². The monoisotopic (exact) mass is 366 g/mol. The lowest BCUT2D eigenvalue weighted by Crippen LogP contribution is -2.34. The van der Waals surface area contributed by atoms with E-state index >= 15 is 0 Å². The van der Waals surface area contributed by atoms with E-state index in [0.29, 0.717) is 12.0 Å². The Balaban J connectivity index is 0.00000288. The number of rotatable bonds is 4. The summed E-state index contributed by atoms with van der Waals surface area (Å²) in [6.07, 6.45) is -4.06. The van der Waals surface area contributed by atoms with Crippen LogP contribution in [0.2, 0.25) is 0 Å². The number of hydrogen-bond acceptors (Lipinski definition) is 5. The second-order valence-electron chi connectivity index (χ2n) is 4.66. The predicted molar refractivity (Wildman–Crippen MR) is 80.2 cm³/mol. The molecule has 24 heavy (non-hydrogen) atoms. The van der Waals surface area contributed by atoms with Crippen LogP contribution in [0.5, 0.6) is 11.5 Å². The molecule has 0 saturated heterocycles. The smallest absolute Gasteiger partial charge is 0.405 e. The van der Waals surface area contributed by atoms with E-state index in [1.54, 1.807) is 12.2 Å². The maximum atomic E-state index is 12.1. The van der Waals surface area contributed by atoms with Gasteiger partial charge in [0.05, 0.1) is 5.56 Å². The summed E-state index contributed by atoms with van der Waals surface area (Å²) in [6, 6.07) is 2.54. The van der Waals surface area contributed by atoms with E-state index in [0.717, 1.165) is 6.07 Å². The van der Waals surface area contributed by atoms with E-state index in [2.05, 4.69) is 15.2 Å². The van der Waals surface area contributed by atoms with Crippen molar-refractivity contribution in [1.82, 2.24) is 20.5 Å². The van der Waals surface area contributed by atoms with Crippen molar-refractivity contribution in [2.75, 3.05) is 6.54 Å². The van der Waals surface area contributed by atoms with Crippen LogP contribution in [0.25, 0.3) is 11.4 Å². The Labute approximate surface area is 140 Å². The minimum atomic E-state index is -4.54. The highest BCUT2D eigenvalue weighted by molar-refractivity contribution is 5.91. The number of amides is 1. The van der Waals surface area contributed by atoms with E-state index in [1.807, 2.05) is 0 Å². The Hall–Kier alpha value is -2.49. The molecule has 0 spiro atoms. The molecule has 2 aromatic rings. The van der Waals surface area contributed by atoms with Gasteiger partial charge in [-0.15, -0.1) is 12.4 Å². The molecule has 0 atom stereocenters. The fraction of sp³-hybridized carbons (Fsp3) is 0.308. The molecule has 1 amide bonds. The van der Waals surface area contributed by atoms with Gasteiger partial charge in [0, 0.05) is 6.07 Å². The van der Waals surface area contributed by atoms with E-state index in [4.69, 9.17) is 0 Å². The number of aromatic hydroxyl groups is 2. The summed E-state index contributed by atoms with van der Waals surface area (Å²) in [5.74, 6) is -1.99. The van der Waals surface area contributed by atoms with Crippen LogP contribution in [0.4, 0.5) is 13.2 Å². The van der Waals surface area contributed by atoms with Crippen LogP contribution < -0.4 is 5.32 Å². The van der Waals surface area contributed by atoms with Crippen LogP contribution in [0.1, 0.15) is 23.1 Å². The molecule has 4 N–H and O–H groups in total. The molecule has 0 bridgehead atoms. The fourth-order valence-corrected chi connectivity index (χ4v) is 1.83. The standard InChI is InChI=1S/C13H13F3N4O3.ClH/c1-2-6-3-7(9(22)4-8(6)21)10-18-11(20-19-10)12(23)17-5-13(14,15)16;/h3-4,21-22H,2,5H2,1H3,(H,17,23)(H,18,19,20);1H. The molecule has 2 rings (SSSR count). The summed E-state index contributed by atoms with van der Waals surface area (Å²) in [7, 11) is 0. The molecule has 0 radical (unpaired) electrons. The predicted octanol–water partition coefficient (Wildman–Crippen LogP) is 2.16. The topological polar surface area (TPSA) is 111 Å². The van der Waals surface area contributed by atoms with Crippen molar-refractivity contribution in [1.29, 1.82) is 0 Å². The first kappa shape index (κ1) is 19.6. The van der Waals surface area contributed by atoms with Crippen LogP contribution in [0.3, 0.4) is 0 Å². The largest absolute Gasteiger partial charge is 0.508 e. The van der Waals surface area contributed by atoms with Gasteiger partial charge in [0.2, 0.25) is 5.82 Å². The van der Waals surface area contributed by atoms with Crippen LogP contribution in [0, 0.1) is 0 Å². The first-order chi connectivity index (χ1) is 10.7. The molecule has 1 aromatic heterocycles. The summed E-state index contributed by atoms with van der Waals surface area (Å²) >= 11 is 0. The summed E-state index contributed by atoms with van der Waals surface area (Å²) in [4.78, 5) is 15.3. The van der Waals surface area contributed by atoms with Gasteiger partial charge in [0.1, 0.15) is 18.0 Å². The number of alkyl halides is 3. The Kier molecular flexibility index (Phi) is 6.02. The van der Waals surface area contributed by atoms with Crippen LogP contribution in [0.15, 0.2) is 12.1 Å². The highest BCUT2D eigenvalue weighted by Crippen LogP contribution is 2.33. The lowest BCUT2D eigenvalue weighted by atomic mass is 10.1. The number of benzene rings is 1. The van der Waals surface area contributed by atoms with Crippen LogP contribution in [-0.4, -0.2) is 44.0 Å². The molecule has 0 aliphatic heterocycles. The van der Waals surface area contributed by atoms with Gasteiger partial charge >= 0.3 is 6.18 Å². The van der Waals surface area contributed by atoms with Crippen molar-refractivity contribution < 1.29 is 28.2 Å². The highest BCUT2D eigenvalue weighted by atomic mass is 35.5. The molecule has 132 valence electrons. The zero-order valence-corrected chi connectivity index (χ0v) is 13.1. The zero-order valence-electron chi connectivity index (χ0n) is 12.3. The normalized spacial score (nSPS) is 11.0. The van der Waals surface area contributed by atoms with Crippen molar-refractivity contribution in [3.8, 4) is 22.9 Å². The Morgan fingerprint density at radius 1 is 1.29 bits per heavy atom. The van der Waals surface area contributed by atoms with Gasteiger partial charge in [-0.1, -0.05) is 6.92 Å². The van der Waals surface area contributed by atoms with E-state index < -0.39 is 24.5 Å². The maximum absolute atomic E-state index is 12.1.